The third-order valence-corrected chi connectivity index (χ3v) is 2.72. The maximum atomic E-state index is 11.2. The van der Waals surface area contributed by atoms with E-state index in [4.69, 9.17) is 14.2 Å². The fraction of sp³-hybridized carbons (Fsp3) is 0.643. The number of nitrogens with zero attached hydrogens (tertiary/aromatic N) is 1. The second-order valence-electron chi connectivity index (χ2n) is 4.48. The molecule has 0 fully saturated rings. The molecule has 0 aromatic rings. The van der Waals surface area contributed by atoms with Crippen LogP contribution in [0.15, 0.2) is 12.2 Å². The number of carbonyl (C=O) groups is 3. The smallest absolute Gasteiger partial charge is 0.253 e. The molecule has 0 saturated carbocycles. The third-order valence-electron chi connectivity index (χ3n) is 2.72. The first-order valence-electron chi connectivity index (χ1n) is 7.12. The van der Waals surface area contributed by atoms with Crippen LogP contribution in [-0.2, 0) is 28.6 Å². The number of hydrogen-bond acceptors (Lipinski definition) is 6. The predicted molar refractivity (Wildman–Crippen MR) is 77.0 cm³/mol. The second-order valence-corrected chi connectivity index (χ2v) is 4.48. The number of rotatable bonds is 12. The van der Waals surface area contributed by atoms with Gasteiger partial charge in [0.05, 0.1) is 46.2 Å². The van der Waals surface area contributed by atoms with Gasteiger partial charge in [-0.2, -0.15) is 0 Å². The molecule has 1 aliphatic rings. The highest BCUT2D eigenvalue weighted by Crippen LogP contribution is 2.02. The minimum atomic E-state index is -0.304. The van der Waals surface area contributed by atoms with Crippen LogP contribution in [0.2, 0.25) is 0 Å². The molecule has 0 radical (unpaired) electrons. The third kappa shape index (κ3) is 7.87. The van der Waals surface area contributed by atoms with E-state index in [0.29, 0.717) is 39.6 Å². The van der Waals surface area contributed by atoms with Crippen LogP contribution in [0.3, 0.4) is 0 Å². The maximum absolute atomic E-state index is 11.2. The van der Waals surface area contributed by atoms with Crippen molar-refractivity contribution in [3.8, 4) is 0 Å². The highest BCUT2D eigenvalue weighted by Gasteiger charge is 2.22. The molecule has 1 heterocycles. The van der Waals surface area contributed by atoms with E-state index in [9.17, 15) is 14.4 Å². The number of hydrogen-bond donors (Lipinski definition) is 1. The van der Waals surface area contributed by atoms with Gasteiger partial charge in [-0.15, -0.1) is 0 Å². The van der Waals surface area contributed by atoms with E-state index in [1.165, 1.54) is 19.1 Å². The van der Waals surface area contributed by atoms with Crippen LogP contribution >= 0.6 is 0 Å². The molecule has 0 aromatic heterocycles. The minimum Gasteiger partial charge on any atom is -0.377 e. The van der Waals surface area contributed by atoms with Gasteiger partial charge in [0.15, 0.2) is 0 Å². The van der Waals surface area contributed by atoms with E-state index in [2.05, 4.69) is 5.32 Å². The summed E-state index contributed by atoms with van der Waals surface area (Å²) in [4.78, 5) is 34.2. The molecule has 0 unspecified atom stereocenters. The van der Waals surface area contributed by atoms with Gasteiger partial charge in [-0.3, -0.25) is 19.3 Å². The number of nitrogens with one attached hydrogen (secondary N) is 1. The van der Waals surface area contributed by atoms with Gasteiger partial charge in [0, 0.05) is 25.6 Å². The van der Waals surface area contributed by atoms with E-state index in [1.807, 2.05) is 0 Å². The van der Waals surface area contributed by atoms with Crippen molar-refractivity contribution in [3.05, 3.63) is 12.2 Å². The largest absolute Gasteiger partial charge is 0.377 e. The average molecular weight is 314 g/mol. The van der Waals surface area contributed by atoms with E-state index < -0.39 is 0 Å². The van der Waals surface area contributed by atoms with Crippen LogP contribution in [-0.4, -0.2) is 75.4 Å². The van der Waals surface area contributed by atoms with Gasteiger partial charge in [0.1, 0.15) is 0 Å². The topological polar surface area (TPSA) is 94.2 Å². The number of ether oxygens (including phenoxy) is 3. The monoisotopic (exact) mass is 314 g/mol. The number of imide groups is 1. The highest BCUT2D eigenvalue weighted by molar-refractivity contribution is 6.12. The summed E-state index contributed by atoms with van der Waals surface area (Å²) in [5.41, 5.74) is 0. The Morgan fingerprint density at radius 1 is 0.955 bits per heavy atom. The van der Waals surface area contributed by atoms with Crippen LogP contribution < -0.4 is 5.32 Å². The Bertz CT molecular complexity index is 392. The first kappa shape index (κ1) is 18.3. The number of amides is 3. The van der Waals surface area contributed by atoms with Gasteiger partial charge >= 0.3 is 0 Å². The van der Waals surface area contributed by atoms with Gasteiger partial charge in [-0.05, 0) is 0 Å². The maximum Gasteiger partial charge on any atom is 0.253 e. The van der Waals surface area contributed by atoms with Gasteiger partial charge in [0.2, 0.25) is 5.91 Å². The molecule has 1 N–H and O–H groups in total. The first-order valence-corrected chi connectivity index (χ1v) is 7.12. The summed E-state index contributed by atoms with van der Waals surface area (Å²) in [6, 6.07) is 0. The molecule has 0 bridgehead atoms. The van der Waals surface area contributed by atoms with E-state index >= 15 is 0 Å². The minimum absolute atomic E-state index is 0.0786. The highest BCUT2D eigenvalue weighted by atomic mass is 16.5. The zero-order valence-corrected chi connectivity index (χ0v) is 12.7. The molecule has 124 valence electrons. The molecule has 1 aliphatic heterocycles. The summed E-state index contributed by atoms with van der Waals surface area (Å²) >= 11 is 0. The lowest BCUT2D eigenvalue weighted by Crippen LogP contribution is -2.33. The molecule has 0 atom stereocenters. The van der Waals surface area contributed by atoms with Crippen molar-refractivity contribution in [3.63, 3.8) is 0 Å². The lowest BCUT2D eigenvalue weighted by molar-refractivity contribution is -0.137. The van der Waals surface area contributed by atoms with Crippen molar-refractivity contribution in [1.82, 2.24) is 10.2 Å². The van der Waals surface area contributed by atoms with Gasteiger partial charge in [-0.25, -0.2) is 0 Å². The molecule has 0 spiro atoms. The molecule has 0 aliphatic carbocycles. The molecule has 1 rings (SSSR count). The quantitative estimate of drug-likeness (QED) is 0.370. The summed E-state index contributed by atoms with van der Waals surface area (Å²) in [5.74, 6) is -0.687. The number of carbonyl (C=O) groups excluding carboxylic acids is 3. The summed E-state index contributed by atoms with van der Waals surface area (Å²) in [7, 11) is 0. The van der Waals surface area contributed by atoms with Crippen molar-refractivity contribution < 1.29 is 28.6 Å². The Morgan fingerprint density at radius 2 is 1.45 bits per heavy atom. The fourth-order valence-electron chi connectivity index (χ4n) is 1.65. The van der Waals surface area contributed by atoms with Crippen LogP contribution in [0.25, 0.3) is 0 Å². The molecule has 22 heavy (non-hydrogen) atoms. The van der Waals surface area contributed by atoms with Crippen molar-refractivity contribution >= 4 is 17.7 Å². The van der Waals surface area contributed by atoms with Crippen molar-refractivity contribution in [2.24, 2.45) is 0 Å². The van der Waals surface area contributed by atoms with E-state index in [1.54, 1.807) is 0 Å². The van der Waals surface area contributed by atoms with Crippen LogP contribution in [0, 0.1) is 0 Å². The SMILES string of the molecule is CC(=O)NCCOCCOCCOCCN1C(=O)C=CC1=O. The first-order chi connectivity index (χ1) is 10.6. The molecule has 8 nitrogen and oxygen atoms in total. The van der Waals surface area contributed by atoms with Crippen molar-refractivity contribution in [2.45, 2.75) is 6.92 Å². The summed E-state index contributed by atoms with van der Waals surface area (Å²) in [6.07, 6.45) is 2.49. The summed E-state index contributed by atoms with van der Waals surface area (Å²) < 4.78 is 15.8. The van der Waals surface area contributed by atoms with Crippen LogP contribution in [0.4, 0.5) is 0 Å². The van der Waals surface area contributed by atoms with Gasteiger partial charge in [0.25, 0.3) is 11.8 Å². The molecule has 8 heteroatoms. The van der Waals surface area contributed by atoms with Crippen molar-refractivity contribution in [2.75, 3.05) is 52.7 Å². The molecular weight excluding hydrogens is 292 g/mol. The summed E-state index contributed by atoms with van der Waals surface area (Å²) in [6.45, 7) is 4.61. The van der Waals surface area contributed by atoms with Crippen molar-refractivity contribution in [1.29, 1.82) is 0 Å². The predicted octanol–water partition coefficient (Wildman–Crippen LogP) is -0.903. The summed E-state index contributed by atoms with van der Waals surface area (Å²) in [5, 5.41) is 2.62. The molecule has 0 aromatic carbocycles. The van der Waals surface area contributed by atoms with Crippen LogP contribution in [0.1, 0.15) is 6.92 Å². The average Bonchev–Trinajstić information content (AvgIpc) is 2.79. The van der Waals surface area contributed by atoms with Crippen LogP contribution in [0.5, 0.6) is 0 Å². The Kier molecular flexibility index (Phi) is 9.04. The zero-order chi connectivity index (χ0) is 16.2. The van der Waals surface area contributed by atoms with E-state index in [-0.39, 0.29) is 30.9 Å². The fourth-order valence-corrected chi connectivity index (χ4v) is 1.65. The van der Waals surface area contributed by atoms with E-state index in [0.717, 1.165) is 4.90 Å². The molecular formula is C14H22N2O6. The van der Waals surface area contributed by atoms with Gasteiger partial charge < -0.3 is 19.5 Å². The van der Waals surface area contributed by atoms with Gasteiger partial charge in [-0.1, -0.05) is 0 Å². The second kappa shape index (κ2) is 10.9. The standard InChI is InChI=1S/C14H22N2O6/c1-12(17)15-4-6-20-8-10-22-11-9-21-7-5-16-13(18)2-3-14(16)19/h2-3H,4-11H2,1H3,(H,15,17). The Labute approximate surface area is 129 Å². The Hall–Kier alpha value is -1.77. The Morgan fingerprint density at radius 3 is 2.00 bits per heavy atom. The Balaban J connectivity index is 1.81. The lowest BCUT2D eigenvalue weighted by atomic mass is 10.5. The molecule has 0 saturated heterocycles. The zero-order valence-electron chi connectivity index (χ0n) is 12.7. The normalized spacial score (nSPS) is 14.0. The molecule has 3 amide bonds. The lowest BCUT2D eigenvalue weighted by Gasteiger charge is -2.13.